The molecule has 1 aromatic heterocycles. The molecule has 7 heteroatoms. The van der Waals surface area contributed by atoms with Gasteiger partial charge in [-0.25, -0.2) is 4.98 Å². The quantitative estimate of drug-likeness (QED) is 0.410. The molecule has 3 unspecified atom stereocenters. The molecular weight excluding hydrogens is 443 g/mol. The van der Waals surface area contributed by atoms with Gasteiger partial charge in [0.1, 0.15) is 6.26 Å². The van der Waals surface area contributed by atoms with Gasteiger partial charge in [0, 0.05) is 12.6 Å². The fraction of sp³-hybridized carbons (Fsp3) is 0.474. The summed E-state index contributed by atoms with van der Waals surface area (Å²) in [6.45, 7) is 2.63. The first kappa shape index (κ1) is 19.2. The molecule has 2 bridgehead atoms. The molecule has 0 amide bonds. The number of hydrogen-bond acceptors (Lipinski definition) is 4. The average Bonchev–Trinajstić information content (AvgIpc) is 3.36. The van der Waals surface area contributed by atoms with E-state index >= 15 is 0 Å². The summed E-state index contributed by atoms with van der Waals surface area (Å²) in [7, 11) is 1.78. The maximum atomic E-state index is 5.88. The number of rotatable bonds is 4. The van der Waals surface area contributed by atoms with Crippen molar-refractivity contribution >= 4 is 29.9 Å². The van der Waals surface area contributed by atoms with Crippen LogP contribution in [0, 0.1) is 6.92 Å². The van der Waals surface area contributed by atoms with Crippen molar-refractivity contribution in [3.05, 3.63) is 41.8 Å². The summed E-state index contributed by atoms with van der Waals surface area (Å²) in [5.74, 6) is 1.42. The molecule has 0 radical (unpaired) electrons. The number of nitrogens with one attached hydrogen (secondary N) is 2. The Kier molecular flexibility index (Phi) is 6.18. The van der Waals surface area contributed by atoms with E-state index in [-0.39, 0.29) is 24.0 Å². The monoisotopic (exact) mass is 468 g/mol. The van der Waals surface area contributed by atoms with Crippen molar-refractivity contribution in [3.63, 3.8) is 0 Å². The van der Waals surface area contributed by atoms with Gasteiger partial charge in [-0.2, -0.15) is 0 Å². The number of benzene rings is 1. The highest BCUT2D eigenvalue weighted by Gasteiger charge is 2.41. The van der Waals surface area contributed by atoms with Gasteiger partial charge in [0.05, 0.1) is 30.5 Å². The molecule has 2 aliphatic heterocycles. The Hall–Kier alpha value is -1.61. The van der Waals surface area contributed by atoms with E-state index in [1.54, 1.807) is 13.3 Å². The maximum absolute atomic E-state index is 5.88. The standard InChI is InChI=1S/C19H24N4O2.HI/c1-12-3-5-13(6-4-12)18-22-14(11-24-18)10-21-19(20-2)23-16-9-15-7-8-17(16)25-15;/h3-6,11,15-17H,7-10H2,1-2H3,(H2,20,21,23);1H. The summed E-state index contributed by atoms with van der Waals surface area (Å²) in [4.78, 5) is 8.86. The number of fused-ring (bicyclic) bond motifs is 2. The summed E-state index contributed by atoms with van der Waals surface area (Å²) >= 11 is 0. The second-order valence-corrected chi connectivity index (χ2v) is 6.80. The number of nitrogens with zero attached hydrogens (tertiary/aromatic N) is 2. The number of oxazole rings is 1. The molecule has 2 aromatic rings. The highest BCUT2D eigenvalue weighted by Crippen LogP contribution is 2.34. The number of aromatic nitrogens is 1. The first-order chi connectivity index (χ1) is 12.2. The van der Waals surface area contributed by atoms with E-state index in [9.17, 15) is 0 Å². The zero-order chi connectivity index (χ0) is 17.2. The van der Waals surface area contributed by atoms with E-state index in [1.807, 2.05) is 12.1 Å². The largest absolute Gasteiger partial charge is 0.444 e. The number of aliphatic imine (C=N–C) groups is 1. The fourth-order valence-corrected chi connectivity index (χ4v) is 3.55. The zero-order valence-electron chi connectivity index (χ0n) is 15.1. The van der Waals surface area contributed by atoms with Crippen LogP contribution in [0.3, 0.4) is 0 Å². The van der Waals surface area contributed by atoms with E-state index < -0.39 is 0 Å². The van der Waals surface area contributed by atoms with Gasteiger partial charge < -0.3 is 19.8 Å². The predicted octanol–water partition coefficient (Wildman–Crippen LogP) is 3.25. The van der Waals surface area contributed by atoms with Crippen molar-refractivity contribution in [2.75, 3.05) is 7.05 Å². The fourth-order valence-electron chi connectivity index (χ4n) is 3.55. The van der Waals surface area contributed by atoms with Crippen molar-refractivity contribution in [2.45, 2.75) is 51.0 Å². The third kappa shape index (κ3) is 4.20. The molecule has 2 aliphatic rings. The van der Waals surface area contributed by atoms with E-state index in [4.69, 9.17) is 9.15 Å². The van der Waals surface area contributed by atoms with Crippen LogP contribution in [-0.4, -0.2) is 36.2 Å². The van der Waals surface area contributed by atoms with E-state index in [0.29, 0.717) is 30.7 Å². The zero-order valence-corrected chi connectivity index (χ0v) is 17.4. The molecule has 26 heavy (non-hydrogen) atoms. The average molecular weight is 468 g/mol. The van der Waals surface area contributed by atoms with Crippen LogP contribution in [0.25, 0.3) is 11.5 Å². The number of hydrogen-bond donors (Lipinski definition) is 2. The highest BCUT2D eigenvalue weighted by atomic mass is 127. The van der Waals surface area contributed by atoms with Crippen molar-refractivity contribution in [1.29, 1.82) is 0 Å². The molecule has 0 spiro atoms. The lowest BCUT2D eigenvalue weighted by Gasteiger charge is -2.22. The molecule has 140 valence electrons. The smallest absolute Gasteiger partial charge is 0.226 e. The Labute approximate surface area is 170 Å². The summed E-state index contributed by atoms with van der Waals surface area (Å²) < 4.78 is 11.5. The van der Waals surface area contributed by atoms with Crippen LogP contribution in [0.2, 0.25) is 0 Å². The number of guanidine groups is 1. The van der Waals surface area contributed by atoms with Gasteiger partial charge in [-0.15, -0.1) is 24.0 Å². The Balaban J connectivity index is 0.00000196. The molecule has 4 rings (SSSR count). The van der Waals surface area contributed by atoms with Crippen molar-refractivity contribution in [2.24, 2.45) is 4.99 Å². The lowest BCUT2D eigenvalue weighted by molar-refractivity contribution is 0.0992. The molecule has 1 aromatic carbocycles. The van der Waals surface area contributed by atoms with Crippen LogP contribution in [0.1, 0.15) is 30.5 Å². The van der Waals surface area contributed by atoms with Gasteiger partial charge in [0.2, 0.25) is 5.89 Å². The van der Waals surface area contributed by atoms with Crippen LogP contribution in [0.15, 0.2) is 39.9 Å². The number of aryl methyl sites for hydroxylation is 1. The summed E-state index contributed by atoms with van der Waals surface area (Å²) in [6.07, 6.45) is 5.83. The van der Waals surface area contributed by atoms with Crippen LogP contribution in [-0.2, 0) is 11.3 Å². The number of halogens is 1. The van der Waals surface area contributed by atoms with Crippen LogP contribution < -0.4 is 10.6 Å². The number of ether oxygens (including phenoxy) is 1. The third-order valence-electron chi connectivity index (χ3n) is 4.94. The predicted molar refractivity (Wildman–Crippen MR) is 112 cm³/mol. The maximum Gasteiger partial charge on any atom is 0.226 e. The van der Waals surface area contributed by atoms with Crippen LogP contribution >= 0.6 is 24.0 Å². The minimum absolute atomic E-state index is 0. The molecule has 2 saturated heterocycles. The van der Waals surface area contributed by atoms with Gasteiger partial charge in [-0.05, 0) is 38.3 Å². The molecule has 3 atom stereocenters. The minimum Gasteiger partial charge on any atom is -0.444 e. The summed E-state index contributed by atoms with van der Waals surface area (Å²) in [6, 6.07) is 8.51. The normalized spacial score (nSPS) is 24.4. The molecule has 6 nitrogen and oxygen atoms in total. The van der Waals surface area contributed by atoms with E-state index in [1.165, 1.54) is 12.0 Å². The van der Waals surface area contributed by atoms with E-state index in [2.05, 4.69) is 39.7 Å². The van der Waals surface area contributed by atoms with Crippen molar-refractivity contribution < 1.29 is 9.15 Å². The van der Waals surface area contributed by atoms with Gasteiger partial charge in [-0.3, -0.25) is 4.99 Å². The van der Waals surface area contributed by atoms with Crippen LogP contribution in [0.4, 0.5) is 0 Å². The molecule has 0 aliphatic carbocycles. The molecular formula is C19H25IN4O2. The molecule has 2 N–H and O–H groups in total. The second kappa shape index (κ2) is 8.39. The molecule has 0 saturated carbocycles. The molecule has 3 heterocycles. The lowest BCUT2D eigenvalue weighted by Crippen LogP contribution is -2.47. The van der Waals surface area contributed by atoms with Gasteiger partial charge in [-0.1, -0.05) is 17.7 Å². The Morgan fingerprint density at radius 1 is 1.27 bits per heavy atom. The first-order valence-corrected chi connectivity index (χ1v) is 8.85. The van der Waals surface area contributed by atoms with Crippen molar-refractivity contribution in [1.82, 2.24) is 15.6 Å². The Bertz CT molecular complexity index is 759. The van der Waals surface area contributed by atoms with Crippen LogP contribution in [0.5, 0.6) is 0 Å². The highest BCUT2D eigenvalue weighted by molar-refractivity contribution is 14.0. The van der Waals surface area contributed by atoms with Gasteiger partial charge >= 0.3 is 0 Å². The third-order valence-corrected chi connectivity index (χ3v) is 4.94. The SMILES string of the molecule is CN=C(NCc1coc(-c2ccc(C)cc2)n1)NC1CC2CCC1O2.I. The topological polar surface area (TPSA) is 71.7 Å². The van der Waals surface area contributed by atoms with Crippen molar-refractivity contribution in [3.8, 4) is 11.5 Å². The summed E-state index contributed by atoms with van der Waals surface area (Å²) in [5.41, 5.74) is 3.05. The summed E-state index contributed by atoms with van der Waals surface area (Å²) in [5, 5.41) is 6.77. The minimum atomic E-state index is 0. The Morgan fingerprint density at radius 3 is 2.73 bits per heavy atom. The Morgan fingerprint density at radius 2 is 2.08 bits per heavy atom. The second-order valence-electron chi connectivity index (χ2n) is 6.80. The molecule has 2 fully saturated rings. The van der Waals surface area contributed by atoms with Gasteiger partial charge in [0.15, 0.2) is 5.96 Å². The lowest BCUT2D eigenvalue weighted by atomic mass is 9.96. The van der Waals surface area contributed by atoms with Gasteiger partial charge in [0.25, 0.3) is 0 Å². The van der Waals surface area contributed by atoms with E-state index in [0.717, 1.165) is 30.1 Å². The first-order valence-electron chi connectivity index (χ1n) is 8.85.